The minimum absolute atomic E-state index is 0.0468. The number of aliphatic carboxylic acids is 1. The molecule has 1 fully saturated rings. The Morgan fingerprint density at radius 3 is 2.54 bits per heavy atom. The Balaban J connectivity index is 2.97. The van der Waals surface area contributed by atoms with Gasteiger partial charge in [-0.05, 0) is 0 Å². The first-order chi connectivity index (χ1) is 5.82. The number of carbonyl (C=O) groups is 1. The third-order valence-corrected chi connectivity index (χ3v) is 3.34. The van der Waals surface area contributed by atoms with Crippen molar-refractivity contribution >= 4 is 33.1 Å². The zero-order valence-corrected chi connectivity index (χ0v) is 8.56. The van der Waals surface area contributed by atoms with Crippen LogP contribution in [0.5, 0.6) is 0 Å². The summed E-state index contributed by atoms with van der Waals surface area (Å²) in [5.41, 5.74) is 0. The molecule has 0 radical (unpaired) electrons. The van der Waals surface area contributed by atoms with E-state index in [0.29, 0.717) is 4.86 Å². The van der Waals surface area contributed by atoms with Crippen molar-refractivity contribution < 1.29 is 18.3 Å². The maximum absolute atomic E-state index is 11.1. The van der Waals surface area contributed by atoms with Crippen LogP contribution < -0.4 is 0 Å². The highest BCUT2D eigenvalue weighted by Crippen LogP contribution is 2.18. The number of nitrogens with zero attached hydrogens (tertiary/aromatic N) is 1. The van der Waals surface area contributed by atoms with Crippen molar-refractivity contribution in [2.75, 3.05) is 12.8 Å². The second kappa shape index (κ2) is 3.32. The molecular formula is C6H9NO4S2. The molecule has 5 nitrogen and oxygen atoms in total. The number of hydrogen-bond donors (Lipinski definition) is 1. The van der Waals surface area contributed by atoms with E-state index in [1.165, 1.54) is 0 Å². The summed E-state index contributed by atoms with van der Waals surface area (Å²) in [4.78, 5) is 11.1. The third kappa shape index (κ3) is 2.23. The number of carboxylic acid groups (broad SMARTS) is 1. The average molecular weight is 223 g/mol. The Morgan fingerprint density at radius 1 is 1.69 bits per heavy atom. The molecule has 0 bridgehead atoms. The van der Waals surface area contributed by atoms with E-state index in [-0.39, 0.29) is 13.0 Å². The standard InChI is InChI=1S/C6H9NO4S2/c1-13(10,11)7-3-4(12)2-5(7)6(8)9/h5H,2-3H2,1H3,(H,8,9)/t5-/m0/s1. The summed E-state index contributed by atoms with van der Waals surface area (Å²) in [6.45, 7) is 0.0468. The van der Waals surface area contributed by atoms with Gasteiger partial charge in [0.25, 0.3) is 0 Å². The average Bonchev–Trinajstić information content (AvgIpc) is 2.29. The largest absolute Gasteiger partial charge is 0.480 e. The van der Waals surface area contributed by atoms with Crippen molar-refractivity contribution in [1.82, 2.24) is 4.31 Å². The molecular weight excluding hydrogens is 214 g/mol. The summed E-state index contributed by atoms with van der Waals surface area (Å²) in [5.74, 6) is -1.15. The molecule has 1 saturated heterocycles. The van der Waals surface area contributed by atoms with E-state index in [1.54, 1.807) is 0 Å². The normalized spacial score (nSPS) is 25.0. The van der Waals surface area contributed by atoms with Gasteiger partial charge in [-0.2, -0.15) is 4.31 Å². The molecule has 0 aromatic rings. The predicted molar refractivity (Wildman–Crippen MR) is 50.2 cm³/mol. The molecule has 0 aromatic heterocycles. The Bertz CT molecular complexity index is 348. The van der Waals surface area contributed by atoms with E-state index >= 15 is 0 Å². The molecule has 0 aromatic carbocycles. The van der Waals surface area contributed by atoms with Crippen LogP contribution in [0.25, 0.3) is 0 Å². The molecule has 1 N–H and O–H groups in total. The van der Waals surface area contributed by atoms with Crippen molar-refractivity contribution in [3.8, 4) is 0 Å². The first-order valence-corrected chi connectivity index (χ1v) is 5.79. The van der Waals surface area contributed by atoms with Crippen molar-refractivity contribution in [2.24, 2.45) is 0 Å². The van der Waals surface area contributed by atoms with Crippen molar-refractivity contribution in [3.63, 3.8) is 0 Å². The van der Waals surface area contributed by atoms with E-state index in [0.717, 1.165) is 10.6 Å². The van der Waals surface area contributed by atoms with Crippen LogP contribution in [0.4, 0.5) is 0 Å². The van der Waals surface area contributed by atoms with Gasteiger partial charge in [-0.1, -0.05) is 12.2 Å². The highest BCUT2D eigenvalue weighted by molar-refractivity contribution is 7.88. The van der Waals surface area contributed by atoms with Crippen molar-refractivity contribution in [3.05, 3.63) is 0 Å². The summed E-state index contributed by atoms with van der Waals surface area (Å²) in [5, 5.41) is 8.70. The third-order valence-electron chi connectivity index (χ3n) is 1.81. The minimum Gasteiger partial charge on any atom is -0.480 e. The SMILES string of the molecule is CS(=O)(=O)N1CC(=S)C[C@H]1C(=O)O. The predicted octanol–water partition coefficient (Wildman–Crippen LogP) is -0.525. The lowest BCUT2D eigenvalue weighted by Crippen LogP contribution is -2.39. The quantitative estimate of drug-likeness (QED) is 0.637. The summed E-state index contributed by atoms with van der Waals surface area (Å²) in [6.07, 6.45) is 1.12. The van der Waals surface area contributed by atoms with Crippen molar-refractivity contribution in [2.45, 2.75) is 12.5 Å². The first kappa shape index (κ1) is 10.6. The molecule has 0 unspecified atom stereocenters. The molecule has 0 spiro atoms. The van der Waals surface area contributed by atoms with Crippen LogP contribution in [0.1, 0.15) is 6.42 Å². The van der Waals surface area contributed by atoms with Gasteiger partial charge in [0, 0.05) is 17.8 Å². The summed E-state index contributed by atoms with van der Waals surface area (Å²) < 4.78 is 23.1. The lowest BCUT2D eigenvalue weighted by molar-refractivity contribution is -0.140. The molecule has 74 valence electrons. The van der Waals surface area contributed by atoms with Crippen molar-refractivity contribution in [1.29, 1.82) is 0 Å². The Kier molecular flexibility index (Phi) is 2.69. The summed E-state index contributed by atoms with van der Waals surface area (Å²) in [7, 11) is -3.46. The molecule has 7 heteroatoms. The number of hydrogen-bond acceptors (Lipinski definition) is 4. The molecule has 1 aliphatic heterocycles. The van der Waals surface area contributed by atoms with Gasteiger partial charge in [0.1, 0.15) is 6.04 Å². The maximum atomic E-state index is 11.1. The molecule has 1 aliphatic rings. The van der Waals surface area contributed by atoms with Crippen LogP contribution in [-0.4, -0.2) is 47.5 Å². The monoisotopic (exact) mass is 223 g/mol. The molecule has 0 saturated carbocycles. The second-order valence-corrected chi connectivity index (χ2v) is 5.42. The van der Waals surface area contributed by atoms with E-state index in [9.17, 15) is 13.2 Å². The fourth-order valence-corrected chi connectivity index (χ4v) is 2.62. The minimum atomic E-state index is -3.46. The van der Waals surface area contributed by atoms with E-state index in [2.05, 4.69) is 0 Å². The first-order valence-electron chi connectivity index (χ1n) is 3.53. The van der Waals surface area contributed by atoms with Gasteiger partial charge in [-0.25, -0.2) is 8.42 Å². The number of thiocarbonyl (C=S) groups is 1. The second-order valence-electron chi connectivity index (χ2n) is 2.91. The van der Waals surface area contributed by atoms with Gasteiger partial charge in [0.2, 0.25) is 10.0 Å². The zero-order chi connectivity index (χ0) is 10.2. The Hall–Kier alpha value is -0.530. The lowest BCUT2D eigenvalue weighted by atomic mass is 10.2. The molecule has 1 heterocycles. The van der Waals surface area contributed by atoms with E-state index in [4.69, 9.17) is 17.3 Å². The van der Waals surface area contributed by atoms with Crippen LogP contribution in [-0.2, 0) is 14.8 Å². The van der Waals surface area contributed by atoms with Gasteiger partial charge in [-0.15, -0.1) is 0 Å². The van der Waals surface area contributed by atoms with Gasteiger partial charge < -0.3 is 5.11 Å². The van der Waals surface area contributed by atoms with Gasteiger partial charge in [0.05, 0.1) is 6.26 Å². The summed E-state index contributed by atoms with van der Waals surface area (Å²) in [6, 6.07) is -1.01. The summed E-state index contributed by atoms with van der Waals surface area (Å²) >= 11 is 4.79. The zero-order valence-electron chi connectivity index (χ0n) is 6.93. The van der Waals surface area contributed by atoms with Crippen LogP contribution >= 0.6 is 12.2 Å². The van der Waals surface area contributed by atoms with Crippen LogP contribution in [0, 0.1) is 0 Å². The molecule has 1 rings (SSSR count). The molecule has 0 aliphatic carbocycles. The maximum Gasteiger partial charge on any atom is 0.322 e. The number of rotatable bonds is 2. The van der Waals surface area contributed by atoms with Crippen LogP contribution in [0.2, 0.25) is 0 Å². The lowest BCUT2D eigenvalue weighted by Gasteiger charge is -2.17. The van der Waals surface area contributed by atoms with Gasteiger partial charge in [-0.3, -0.25) is 4.79 Å². The topological polar surface area (TPSA) is 74.7 Å². The number of carboxylic acids is 1. The Labute approximate surface area is 81.4 Å². The van der Waals surface area contributed by atoms with Crippen LogP contribution in [0.15, 0.2) is 0 Å². The van der Waals surface area contributed by atoms with E-state index in [1.807, 2.05) is 0 Å². The van der Waals surface area contributed by atoms with Gasteiger partial charge in [0.15, 0.2) is 0 Å². The molecule has 13 heavy (non-hydrogen) atoms. The Morgan fingerprint density at radius 2 is 2.23 bits per heavy atom. The smallest absolute Gasteiger partial charge is 0.322 e. The van der Waals surface area contributed by atoms with Crippen LogP contribution in [0.3, 0.4) is 0 Å². The van der Waals surface area contributed by atoms with Gasteiger partial charge >= 0.3 is 5.97 Å². The van der Waals surface area contributed by atoms with E-state index < -0.39 is 22.0 Å². The molecule has 1 atom stereocenters. The fourth-order valence-electron chi connectivity index (χ4n) is 1.22. The number of sulfonamides is 1. The highest BCUT2D eigenvalue weighted by Gasteiger charge is 2.38. The highest BCUT2D eigenvalue weighted by atomic mass is 32.2. The fraction of sp³-hybridized carbons (Fsp3) is 0.667. The molecule has 0 amide bonds.